The average molecular weight is 336 g/mol. The maximum atomic E-state index is 4.22. The van der Waals surface area contributed by atoms with Gasteiger partial charge in [0.15, 0.2) is 0 Å². The van der Waals surface area contributed by atoms with Crippen molar-refractivity contribution in [2.24, 2.45) is 0 Å². The molecule has 0 N–H and O–H groups in total. The molecule has 22 heavy (non-hydrogen) atoms. The molecule has 0 radical (unpaired) electrons. The van der Waals surface area contributed by atoms with E-state index in [0.29, 0.717) is 0 Å². The van der Waals surface area contributed by atoms with E-state index in [-0.39, 0.29) is 15.8 Å². The fourth-order valence-electron chi connectivity index (χ4n) is 1.53. The maximum Gasteiger partial charge on any atom is 0.0379 e. The molecule has 2 heterocycles. The molecular formula is C18H30N2P2. The van der Waals surface area contributed by atoms with Gasteiger partial charge in [-0.1, -0.05) is 35.8 Å². The first-order valence-electron chi connectivity index (χ1n) is 7.60. The molecular weight excluding hydrogens is 306 g/mol. The summed E-state index contributed by atoms with van der Waals surface area (Å²) in [5.74, 6) is 0. The van der Waals surface area contributed by atoms with Crippen molar-refractivity contribution in [3.8, 4) is 0 Å². The molecule has 0 saturated heterocycles. The number of aryl methyl sites for hydroxylation is 2. The lowest BCUT2D eigenvalue weighted by Crippen LogP contribution is -1.99. The van der Waals surface area contributed by atoms with Crippen LogP contribution in [0.25, 0.3) is 0 Å². The smallest absolute Gasteiger partial charge is 0.0379 e. The molecule has 0 fully saturated rings. The number of hydrogen-bond donors (Lipinski definition) is 0. The molecule has 0 aliphatic carbocycles. The van der Waals surface area contributed by atoms with Gasteiger partial charge in [0.2, 0.25) is 0 Å². The van der Waals surface area contributed by atoms with Crippen LogP contribution in [-0.2, 0) is 0 Å². The summed E-state index contributed by atoms with van der Waals surface area (Å²) in [7, 11) is 0.0778. The number of pyridine rings is 2. The Labute approximate surface area is 139 Å². The SMILES string of the molecule is CC.Cc1cc(P(C)C)ccn1.Cc1ccc(P(C)C)cn1. The topological polar surface area (TPSA) is 25.8 Å². The van der Waals surface area contributed by atoms with Gasteiger partial charge in [0.1, 0.15) is 0 Å². The van der Waals surface area contributed by atoms with Crippen molar-refractivity contribution < 1.29 is 0 Å². The Bertz CT molecular complexity index is 523. The van der Waals surface area contributed by atoms with Gasteiger partial charge in [-0.3, -0.25) is 9.97 Å². The predicted octanol–water partition coefficient (Wildman–Crippen LogP) is 4.54. The summed E-state index contributed by atoms with van der Waals surface area (Å²) in [6.45, 7) is 17.0. The van der Waals surface area contributed by atoms with E-state index in [9.17, 15) is 0 Å². The highest BCUT2D eigenvalue weighted by atomic mass is 31.1. The highest BCUT2D eigenvalue weighted by Gasteiger charge is 1.96. The van der Waals surface area contributed by atoms with E-state index in [0.717, 1.165) is 11.4 Å². The third-order valence-corrected chi connectivity index (χ3v) is 5.42. The van der Waals surface area contributed by atoms with Gasteiger partial charge in [-0.25, -0.2) is 0 Å². The van der Waals surface area contributed by atoms with Gasteiger partial charge < -0.3 is 0 Å². The molecule has 122 valence electrons. The molecule has 2 aromatic rings. The van der Waals surface area contributed by atoms with E-state index in [1.54, 1.807) is 0 Å². The average Bonchev–Trinajstić information content (AvgIpc) is 2.50. The Balaban J connectivity index is 0.000000360. The van der Waals surface area contributed by atoms with E-state index in [2.05, 4.69) is 60.9 Å². The van der Waals surface area contributed by atoms with Crippen LogP contribution in [0, 0.1) is 13.8 Å². The van der Waals surface area contributed by atoms with E-state index >= 15 is 0 Å². The normalized spacial score (nSPS) is 9.73. The number of rotatable bonds is 2. The summed E-state index contributed by atoms with van der Waals surface area (Å²) in [5, 5.41) is 2.81. The van der Waals surface area contributed by atoms with Crippen molar-refractivity contribution in [2.75, 3.05) is 26.7 Å². The van der Waals surface area contributed by atoms with Gasteiger partial charge >= 0.3 is 0 Å². The molecule has 0 spiro atoms. The zero-order chi connectivity index (χ0) is 17.1. The van der Waals surface area contributed by atoms with E-state index < -0.39 is 0 Å². The van der Waals surface area contributed by atoms with Crippen LogP contribution in [0.15, 0.2) is 36.7 Å². The molecule has 2 rings (SSSR count). The van der Waals surface area contributed by atoms with Crippen LogP contribution in [-0.4, -0.2) is 36.6 Å². The second-order valence-electron chi connectivity index (χ2n) is 5.10. The standard InChI is InChI=1S/2C8H12NP.C2H6/c1-7-6-8(10(2)3)4-5-9-7;1-7-4-5-8(6-9-7)10(2)3;1-2/h2*4-6H,1-3H3;1-2H3. The monoisotopic (exact) mass is 336 g/mol. The molecule has 4 heteroatoms. The highest BCUT2D eigenvalue weighted by Crippen LogP contribution is 2.22. The first-order valence-corrected chi connectivity index (χ1v) is 12.1. The van der Waals surface area contributed by atoms with Gasteiger partial charge in [0.25, 0.3) is 0 Å². The molecule has 2 nitrogen and oxygen atoms in total. The Morgan fingerprint density at radius 3 is 1.68 bits per heavy atom. The summed E-state index contributed by atoms with van der Waals surface area (Å²) in [6, 6.07) is 8.48. The van der Waals surface area contributed by atoms with Crippen molar-refractivity contribution in [1.29, 1.82) is 0 Å². The Kier molecular flexibility index (Phi) is 11.2. The highest BCUT2D eigenvalue weighted by molar-refractivity contribution is 7.64. The Morgan fingerprint density at radius 2 is 1.32 bits per heavy atom. The first kappa shape index (κ1) is 21.2. The zero-order valence-electron chi connectivity index (χ0n) is 15.3. The molecule has 0 aliphatic heterocycles. The van der Waals surface area contributed by atoms with Crippen LogP contribution in [0.5, 0.6) is 0 Å². The second-order valence-corrected chi connectivity index (χ2v) is 9.71. The molecule has 2 aromatic heterocycles. The number of hydrogen-bond acceptors (Lipinski definition) is 2. The fourth-order valence-corrected chi connectivity index (χ4v) is 3.00. The van der Waals surface area contributed by atoms with Gasteiger partial charge in [-0.15, -0.1) is 0 Å². The van der Waals surface area contributed by atoms with Crippen LogP contribution >= 0.6 is 15.8 Å². The largest absolute Gasteiger partial charge is 0.262 e. The Hall–Kier alpha value is -0.840. The lowest BCUT2D eigenvalue weighted by Gasteiger charge is -2.04. The van der Waals surface area contributed by atoms with Crippen LogP contribution in [0.1, 0.15) is 25.2 Å². The van der Waals surface area contributed by atoms with E-state index in [1.165, 1.54) is 10.6 Å². The van der Waals surface area contributed by atoms with Gasteiger partial charge in [-0.2, -0.15) is 0 Å². The summed E-state index contributed by atoms with van der Waals surface area (Å²) in [5.41, 5.74) is 2.22. The summed E-state index contributed by atoms with van der Waals surface area (Å²) in [4.78, 5) is 8.35. The first-order chi connectivity index (χ1) is 10.4. The quantitative estimate of drug-likeness (QED) is 0.753. The molecule has 0 atom stereocenters. The van der Waals surface area contributed by atoms with Crippen LogP contribution in [0.3, 0.4) is 0 Å². The Morgan fingerprint density at radius 1 is 0.727 bits per heavy atom. The molecule has 0 unspecified atom stereocenters. The summed E-state index contributed by atoms with van der Waals surface area (Å²) in [6.07, 6.45) is 3.86. The van der Waals surface area contributed by atoms with Crippen LogP contribution < -0.4 is 10.6 Å². The van der Waals surface area contributed by atoms with Crippen molar-refractivity contribution in [1.82, 2.24) is 9.97 Å². The van der Waals surface area contributed by atoms with Crippen molar-refractivity contribution >= 4 is 26.5 Å². The minimum Gasteiger partial charge on any atom is -0.262 e. The van der Waals surface area contributed by atoms with Crippen molar-refractivity contribution in [3.05, 3.63) is 48.0 Å². The predicted molar refractivity (Wildman–Crippen MR) is 106 cm³/mol. The summed E-state index contributed by atoms with van der Waals surface area (Å²) >= 11 is 0. The van der Waals surface area contributed by atoms with E-state index in [4.69, 9.17) is 0 Å². The molecule has 0 aromatic carbocycles. The molecule has 0 bridgehead atoms. The second kappa shape index (κ2) is 11.7. The lowest BCUT2D eigenvalue weighted by molar-refractivity contribution is 1.21. The van der Waals surface area contributed by atoms with E-state index in [1.807, 2.05) is 40.1 Å². The lowest BCUT2D eigenvalue weighted by atomic mass is 10.4. The fraction of sp³-hybridized carbons (Fsp3) is 0.444. The van der Waals surface area contributed by atoms with Crippen LogP contribution in [0.4, 0.5) is 0 Å². The number of nitrogens with zero attached hydrogens (tertiary/aromatic N) is 2. The zero-order valence-corrected chi connectivity index (χ0v) is 17.0. The van der Waals surface area contributed by atoms with Gasteiger partial charge in [0.05, 0.1) is 0 Å². The van der Waals surface area contributed by atoms with Crippen molar-refractivity contribution in [2.45, 2.75) is 27.7 Å². The summed E-state index contributed by atoms with van der Waals surface area (Å²) < 4.78 is 0. The molecule has 0 aliphatic rings. The maximum absolute atomic E-state index is 4.22. The van der Waals surface area contributed by atoms with Crippen LogP contribution in [0.2, 0.25) is 0 Å². The third kappa shape index (κ3) is 8.57. The minimum atomic E-state index is 0.0295. The van der Waals surface area contributed by atoms with Gasteiger partial charge in [-0.05, 0) is 69.3 Å². The molecule has 0 amide bonds. The minimum absolute atomic E-state index is 0.0295. The molecule has 0 saturated carbocycles. The third-order valence-electron chi connectivity index (χ3n) is 2.81. The van der Waals surface area contributed by atoms with Crippen molar-refractivity contribution in [3.63, 3.8) is 0 Å². The number of aromatic nitrogens is 2. The van der Waals surface area contributed by atoms with Gasteiger partial charge in [0, 0.05) is 23.8 Å².